The lowest BCUT2D eigenvalue weighted by Gasteiger charge is -2.13. The topological polar surface area (TPSA) is 72.2 Å². The Balaban J connectivity index is 2.78. The predicted molar refractivity (Wildman–Crippen MR) is 77.3 cm³/mol. The zero-order valence-corrected chi connectivity index (χ0v) is 12.6. The molecule has 9 heteroatoms. The SMILES string of the molecule is NC(=S)CCCCNS(=O)(=O)c1ccccc1C(F)(F)F. The number of benzene rings is 1. The van der Waals surface area contributed by atoms with Crippen LogP contribution in [0.2, 0.25) is 0 Å². The zero-order valence-electron chi connectivity index (χ0n) is 11.0. The van der Waals surface area contributed by atoms with Gasteiger partial charge < -0.3 is 5.73 Å². The summed E-state index contributed by atoms with van der Waals surface area (Å²) in [4.78, 5) is -0.452. The molecular weight excluding hydrogens is 325 g/mol. The summed E-state index contributed by atoms with van der Waals surface area (Å²) < 4.78 is 64.4. The smallest absolute Gasteiger partial charge is 0.393 e. The Morgan fingerprint density at radius 3 is 2.43 bits per heavy atom. The van der Waals surface area contributed by atoms with E-state index in [1.54, 1.807) is 0 Å². The number of sulfonamides is 1. The molecule has 0 aliphatic heterocycles. The van der Waals surface area contributed by atoms with E-state index < -0.39 is 26.7 Å². The summed E-state index contributed by atoms with van der Waals surface area (Å²) in [7, 11) is -4.21. The van der Waals surface area contributed by atoms with Crippen LogP contribution in [0.4, 0.5) is 13.2 Å². The summed E-state index contributed by atoms with van der Waals surface area (Å²) in [5, 5.41) is 0. The molecule has 118 valence electrons. The Hall–Kier alpha value is -1.19. The van der Waals surface area contributed by atoms with Gasteiger partial charge in [-0.25, -0.2) is 13.1 Å². The standard InChI is InChI=1S/C12H15F3N2O2S2/c13-12(14,15)9-5-1-2-6-10(9)21(18,19)17-8-4-3-7-11(16)20/h1-2,5-6,17H,3-4,7-8H2,(H2,16,20). The summed E-state index contributed by atoms with van der Waals surface area (Å²) in [6.45, 7) is 0.0249. The molecule has 0 radical (unpaired) electrons. The van der Waals surface area contributed by atoms with E-state index in [1.165, 1.54) is 6.07 Å². The maximum absolute atomic E-state index is 12.8. The molecule has 0 unspecified atom stereocenters. The third-order valence-electron chi connectivity index (χ3n) is 2.62. The maximum Gasteiger partial charge on any atom is 0.417 e. The first-order valence-electron chi connectivity index (χ1n) is 6.09. The fourth-order valence-electron chi connectivity index (χ4n) is 1.64. The molecule has 0 aliphatic carbocycles. The minimum Gasteiger partial charge on any atom is -0.393 e. The minimum atomic E-state index is -4.73. The van der Waals surface area contributed by atoms with Crippen molar-refractivity contribution in [2.24, 2.45) is 5.73 Å². The van der Waals surface area contributed by atoms with Crippen LogP contribution < -0.4 is 10.5 Å². The number of rotatable bonds is 7. The van der Waals surface area contributed by atoms with E-state index in [9.17, 15) is 21.6 Å². The van der Waals surface area contributed by atoms with Gasteiger partial charge in [0.25, 0.3) is 0 Å². The normalized spacial score (nSPS) is 12.3. The van der Waals surface area contributed by atoms with E-state index in [0.29, 0.717) is 24.3 Å². The Morgan fingerprint density at radius 2 is 1.86 bits per heavy atom. The van der Waals surface area contributed by atoms with Crippen molar-refractivity contribution in [2.75, 3.05) is 6.54 Å². The number of nitrogens with two attached hydrogens (primary N) is 1. The molecule has 3 N–H and O–H groups in total. The van der Waals surface area contributed by atoms with Gasteiger partial charge in [-0.2, -0.15) is 13.2 Å². The molecule has 1 rings (SSSR count). The van der Waals surface area contributed by atoms with E-state index in [2.05, 4.69) is 16.9 Å². The first-order chi connectivity index (χ1) is 9.64. The van der Waals surface area contributed by atoms with E-state index >= 15 is 0 Å². The minimum absolute atomic E-state index is 0.0249. The van der Waals surface area contributed by atoms with E-state index in [1.807, 2.05) is 0 Å². The lowest BCUT2D eigenvalue weighted by molar-refractivity contribution is -0.139. The number of hydrogen-bond acceptors (Lipinski definition) is 3. The van der Waals surface area contributed by atoms with Gasteiger partial charge in [0, 0.05) is 6.54 Å². The molecule has 0 aromatic heterocycles. The van der Waals surface area contributed by atoms with Crippen LogP contribution in [0.15, 0.2) is 29.2 Å². The molecule has 0 bridgehead atoms. The van der Waals surface area contributed by atoms with Crippen LogP contribution in [-0.2, 0) is 16.2 Å². The van der Waals surface area contributed by atoms with Gasteiger partial charge in [0.05, 0.1) is 15.4 Å². The Kier molecular flexibility index (Phi) is 6.11. The van der Waals surface area contributed by atoms with Gasteiger partial charge in [-0.1, -0.05) is 24.4 Å². The fraction of sp³-hybridized carbons (Fsp3) is 0.417. The van der Waals surface area contributed by atoms with Crippen LogP contribution >= 0.6 is 12.2 Å². The highest BCUT2D eigenvalue weighted by Gasteiger charge is 2.36. The number of nitrogens with one attached hydrogen (secondary N) is 1. The second-order valence-corrected chi connectivity index (χ2v) is 6.57. The molecule has 0 spiro atoms. The van der Waals surface area contributed by atoms with Gasteiger partial charge >= 0.3 is 6.18 Å². The number of hydrogen-bond donors (Lipinski definition) is 2. The van der Waals surface area contributed by atoms with Gasteiger partial charge in [-0.3, -0.25) is 0 Å². The van der Waals surface area contributed by atoms with Crippen molar-refractivity contribution >= 4 is 27.2 Å². The van der Waals surface area contributed by atoms with Crippen LogP contribution in [0.25, 0.3) is 0 Å². The summed E-state index contributed by atoms with van der Waals surface area (Å²) in [6.07, 6.45) is -3.25. The molecule has 0 atom stereocenters. The first kappa shape index (κ1) is 17.9. The molecule has 4 nitrogen and oxygen atoms in total. The number of halogens is 3. The largest absolute Gasteiger partial charge is 0.417 e. The molecule has 0 saturated carbocycles. The van der Waals surface area contributed by atoms with Gasteiger partial charge in [0.15, 0.2) is 0 Å². The third-order valence-corrected chi connectivity index (χ3v) is 4.35. The number of thiocarbonyl (C=S) groups is 1. The number of alkyl halides is 3. The van der Waals surface area contributed by atoms with Crippen molar-refractivity contribution in [1.82, 2.24) is 4.72 Å². The van der Waals surface area contributed by atoms with Crippen molar-refractivity contribution in [3.05, 3.63) is 29.8 Å². The van der Waals surface area contributed by atoms with Crippen LogP contribution in [-0.4, -0.2) is 20.0 Å². The van der Waals surface area contributed by atoms with Crippen molar-refractivity contribution in [3.63, 3.8) is 0 Å². The van der Waals surface area contributed by atoms with Crippen LogP contribution in [0.5, 0.6) is 0 Å². The molecule has 0 aliphatic rings. The second-order valence-electron chi connectivity index (χ2n) is 4.32. The molecular formula is C12H15F3N2O2S2. The van der Waals surface area contributed by atoms with E-state index in [-0.39, 0.29) is 6.54 Å². The molecule has 0 heterocycles. The molecule has 0 amide bonds. The summed E-state index contributed by atoms with van der Waals surface area (Å²) >= 11 is 4.67. The Bertz CT molecular complexity index is 601. The predicted octanol–water partition coefficient (Wildman–Crippen LogP) is 2.44. The molecule has 0 saturated heterocycles. The zero-order chi connectivity index (χ0) is 16.1. The third kappa shape index (κ3) is 5.60. The average Bonchev–Trinajstić information content (AvgIpc) is 2.37. The second kappa shape index (κ2) is 7.19. The average molecular weight is 340 g/mol. The molecule has 1 aromatic carbocycles. The summed E-state index contributed by atoms with van der Waals surface area (Å²) in [6, 6.07) is 4.06. The highest BCUT2D eigenvalue weighted by molar-refractivity contribution is 7.89. The van der Waals surface area contributed by atoms with Gasteiger partial charge in [-0.15, -0.1) is 0 Å². The van der Waals surface area contributed by atoms with Gasteiger partial charge in [-0.05, 0) is 31.4 Å². The van der Waals surface area contributed by atoms with Crippen LogP contribution in [0.3, 0.4) is 0 Å². The molecule has 1 aromatic rings. The van der Waals surface area contributed by atoms with Crippen LogP contribution in [0.1, 0.15) is 24.8 Å². The highest BCUT2D eigenvalue weighted by Crippen LogP contribution is 2.33. The fourth-order valence-corrected chi connectivity index (χ4v) is 3.09. The van der Waals surface area contributed by atoms with Crippen molar-refractivity contribution in [1.29, 1.82) is 0 Å². The number of unbranched alkanes of at least 4 members (excludes halogenated alkanes) is 1. The van der Waals surface area contributed by atoms with Crippen molar-refractivity contribution < 1.29 is 21.6 Å². The lowest BCUT2D eigenvalue weighted by atomic mass is 10.2. The summed E-state index contributed by atoms with van der Waals surface area (Å²) in [5.74, 6) is 0. The van der Waals surface area contributed by atoms with E-state index in [4.69, 9.17) is 5.73 Å². The highest BCUT2D eigenvalue weighted by atomic mass is 32.2. The van der Waals surface area contributed by atoms with Gasteiger partial charge in [0.1, 0.15) is 0 Å². The Morgan fingerprint density at radius 1 is 1.24 bits per heavy atom. The van der Waals surface area contributed by atoms with Crippen LogP contribution in [0, 0.1) is 0 Å². The Labute approximate surface area is 126 Å². The van der Waals surface area contributed by atoms with Gasteiger partial charge in [0.2, 0.25) is 10.0 Å². The molecule has 0 fully saturated rings. The van der Waals surface area contributed by atoms with E-state index in [0.717, 1.165) is 18.2 Å². The summed E-state index contributed by atoms with van der Waals surface area (Å²) in [5.41, 5.74) is 4.11. The van der Waals surface area contributed by atoms with Crippen molar-refractivity contribution in [3.8, 4) is 0 Å². The first-order valence-corrected chi connectivity index (χ1v) is 7.98. The van der Waals surface area contributed by atoms with Crippen molar-refractivity contribution in [2.45, 2.75) is 30.3 Å². The monoisotopic (exact) mass is 340 g/mol. The quantitative estimate of drug-likeness (QED) is 0.591. The lowest BCUT2D eigenvalue weighted by Crippen LogP contribution is -2.27. The maximum atomic E-state index is 12.8. The molecule has 21 heavy (non-hydrogen) atoms.